The molecule has 2 heterocycles. The van der Waals surface area contributed by atoms with Crippen LogP contribution in [0.25, 0.3) is 0 Å². The van der Waals surface area contributed by atoms with Gasteiger partial charge in [-0.3, -0.25) is 4.79 Å². The summed E-state index contributed by atoms with van der Waals surface area (Å²) in [4.78, 5) is 13.0. The molecule has 0 radical (unpaired) electrons. The van der Waals surface area contributed by atoms with Crippen LogP contribution in [0.1, 0.15) is 35.8 Å². The van der Waals surface area contributed by atoms with Gasteiger partial charge >= 0.3 is 0 Å². The fourth-order valence-electron chi connectivity index (χ4n) is 4.62. The molecule has 1 aliphatic heterocycles. The molecule has 0 aliphatic carbocycles. The Labute approximate surface area is 193 Å². The van der Waals surface area contributed by atoms with E-state index < -0.39 is 0 Å². The fraction of sp³-hybridized carbons (Fsp3) is 0.417. The number of hydrogen-bond acceptors (Lipinski definition) is 6. The standard InChI is InChI=1S/C24H30N6O3/c1-32-19-8-9-20(21(16-19)33-2)22(29-13-11-18(12-14-29)23(25)31)24-26-27-28-30(24)15-10-17-6-4-3-5-7-17/h3-9,16,18,22H,10-15H2,1-2H3,(H2,25,31)/p+1/t22-/m1/s1. The lowest BCUT2D eigenvalue weighted by atomic mass is 9.93. The lowest BCUT2D eigenvalue weighted by Gasteiger charge is -2.34. The molecule has 9 nitrogen and oxygen atoms in total. The topological polar surface area (TPSA) is 110 Å². The van der Waals surface area contributed by atoms with Gasteiger partial charge in [-0.05, 0) is 34.5 Å². The minimum atomic E-state index is -0.222. The van der Waals surface area contributed by atoms with Gasteiger partial charge in [0.1, 0.15) is 11.5 Å². The van der Waals surface area contributed by atoms with Crippen molar-refractivity contribution >= 4 is 5.91 Å². The van der Waals surface area contributed by atoms with Crippen molar-refractivity contribution in [3.05, 3.63) is 65.5 Å². The number of quaternary nitrogens is 1. The van der Waals surface area contributed by atoms with E-state index in [2.05, 4.69) is 27.7 Å². The number of carbonyl (C=O) groups is 1. The van der Waals surface area contributed by atoms with Crippen LogP contribution in [-0.2, 0) is 17.8 Å². The number of piperidine rings is 1. The van der Waals surface area contributed by atoms with Crippen LogP contribution in [0.3, 0.4) is 0 Å². The Morgan fingerprint density at radius 1 is 1.15 bits per heavy atom. The molecule has 3 aromatic rings. The van der Waals surface area contributed by atoms with Crippen LogP contribution in [-0.4, -0.2) is 53.4 Å². The summed E-state index contributed by atoms with van der Waals surface area (Å²) in [5.74, 6) is 1.92. The SMILES string of the molecule is COc1ccc([C@H](c2nnnn2CCc2ccccc2)[NH+]2CCC(C(N)=O)CC2)c(OC)c1. The molecule has 4 rings (SSSR count). The van der Waals surface area contributed by atoms with Crippen molar-refractivity contribution in [1.82, 2.24) is 20.2 Å². The number of carbonyl (C=O) groups excluding carboxylic acids is 1. The Hall–Kier alpha value is -3.46. The lowest BCUT2D eigenvalue weighted by Crippen LogP contribution is -3.13. The zero-order valence-corrected chi connectivity index (χ0v) is 19.1. The maximum absolute atomic E-state index is 11.7. The van der Waals surface area contributed by atoms with Gasteiger partial charge in [-0.2, -0.15) is 0 Å². The number of aromatic nitrogens is 4. The summed E-state index contributed by atoms with van der Waals surface area (Å²) in [6, 6.07) is 16.0. The van der Waals surface area contributed by atoms with Crippen molar-refractivity contribution in [2.75, 3.05) is 27.3 Å². The number of amides is 1. The van der Waals surface area contributed by atoms with Crippen molar-refractivity contribution in [2.24, 2.45) is 11.7 Å². The summed E-state index contributed by atoms with van der Waals surface area (Å²) in [6.45, 7) is 2.25. The first-order valence-corrected chi connectivity index (χ1v) is 11.3. The molecule has 9 heteroatoms. The van der Waals surface area contributed by atoms with Gasteiger partial charge in [-0.1, -0.05) is 30.3 Å². The first kappa shape index (κ1) is 22.7. The van der Waals surface area contributed by atoms with Crippen molar-refractivity contribution in [2.45, 2.75) is 31.8 Å². The van der Waals surface area contributed by atoms with E-state index in [1.807, 2.05) is 41.1 Å². The molecule has 0 unspecified atom stereocenters. The van der Waals surface area contributed by atoms with Crippen LogP contribution in [0.4, 0.5) is 0 Å². The van der Waals surface area contributed by atoms with Gasteiger partial charge in [0.2, 0.25) is 11.7 Å². The van der Waals surface area contributed by atoms with E-state index in [4.69, 9.17) is 15.2 Å². The molecule has 2 aromatic carbocycles. The molecule has 0 bridgehead atoms. The number of primary amides is 1. The molecule has 1 aromatic heterocycles. The highest BCUT2D eigenvalue weighted by Crippen LogP contribution is 2.31. The number of rotatable bonds is 9. The monoisotopic (exact) mass is 451 g/mol. The highest BCUT2D eigenvalue weighted by atomic mass is 16.5. The lowest BCUT2D eigenvalue weighted by molar-refractivity contribution is -0.931. The predicted molar refractivity (Wildman–Crippen MR) is 122 cm³/mol. The second-order valence-corrected chi connectivity index (χ2v) is 8.37. The van der Waals surface area contributed by atoms with Gasteiger partial charge in [0.05, 0.1) is 32.9 Å². The molecular formula is C24H31N6O3+. The second kappa shape index (κ2) is 10.4. The maximum Gasteiger partial charge on any atom is 0.220 e. The average Bonchev–Trinajstić information content (AvgIpc) is 3.32. The Balaban J connectivity index is 1.67. The van der Waals surface area contributed by atoms with Gasteiger partial charge in [-0.15, -0.1) is 5.10 Å². The Kier molecular flexibility index (Phi) is 7.19. The largest absolute Gasteiger partial charge is 0.497 e. The molecule has 1 aliphatic rings. The number of methoxy groups -OCH3 is 2. The third kappa shape index (κ3) is 5.14. The number of ether oxygens (including phenoxy) is 2. The highest BCUT2D eigenvalue weighted by Gasteiger charge is 2.37. The molecule has 3 N–H and O–H groups in total. The molecule has 33 heavy (non-hydrogen) atoms. The van der Waals surface area contributed by atoms with E-state index in [0.29, 0.717) is 6.54 Å². The van der Waals surface area contributed by atoms with Crippen LogP contribution in [0, 0.1) is 5.92 Å². The minimum absolute atomic E-state index is 0.0822. The molecule has 1 saturated heterocycles. The average molecular weight is 452 g/mol. The van der Waals surface area contributed by atoms with Crippen LogP contribution in [0.2, 0.25) is 0 Å². The first-order valence-electron chi connectivity index (χ1n) is 11.3. The summed E-state index contributed by atoms with van der Waals surface area (Å²) >= 11 is 0. The summed E-state index contributed by atoms with van der Waals surface area (Å²) in [7, 11) is 3.29. The van der Waals surface area contributed by atoms with E-state index in [1.165, 1.54) is 10.5 Å². The van der Waals surface area contributed by atoms with Crippen molar-refractivity contribution in [3.8, 4) is 11.5 Å². The molecule has 1 fully saturated rings. The van der Waals surface area contributed by atoms with Gasteiger partial charge < -0.3 is 20.1 Å². The number of hydrogen-bond donors (Lipinski definition) is 2. The van der Waals surface area contributed by atoms with Gasteiger partial charge in [0.15, 0.2) is 6.04 Å². The smallest absolute Gasteiger partial charge is 0.220 e. The Morgan fingerprint density at radius 2 is 1.91 bits per heavy atom. The van der Waals surface area contributed by atoms with Crippen LogP contribution in [0.15, 0.2) is 48.5 Å². The third-order valence-electron chi connectivity index (χ3n) is 6.46. The van der Waals surface area contributed by atoms with Gasteiger partial charge in [0, 0.05) is 31.4 Å². The number of likely N-dealkylation sites (tertiary alicyclic amines) is 1. The molecular weight excluding hydrogens is 420 g/mol. The zero-order chi connectivity index (χ0) is 23.2. The van der Waals surface area contributed by atoms with Crippen LogP contribution < -0.4 is 20.1 Å². The van der Waals surface area contributed by atoms with E-state index in [9.17, 15) is 4.79 Å². The quantitative estimate of drug-likeness (QED) is 0.498. The Morgan fingerprint density at radius 3 is 2.58 bits per heavy atom. The molecule has 1 amide bonds. The van der Waals surface area contributed by atoms with E-state index >= 15 is 0 Å². The third-order valence-corrected chi connectivity index (χ3v) is 6.46. The van der Waals surface area contributed by atoms with Gasteiger partial charge in [-0.25, -0.2) is 4.68 Å². The number of nitrogens with zero attached hydrogens (tertiary/aromatic N) is 4. The second-order valence-electron chi connectivity index (χ2n) is 8.37. The van der Waals surface area contributed by atoms with Crippen LogP contribution in [0.5, 0.6) is 11.5 Å². The Bertz CT molecular complexity index is 1060. The number of benzene rings is 2. The molecule has 1 atom stereocenters. The van der Waals surface area contributed by atoms with Crippen molar-refractivity contribution in [1.29, 1.82) is 0 Å². The predicted octanol–water partition coefficient (Wildman–Crippen LogP) is 0.803. The van der Waals surface area contributed by atoms with Crippen LogP contribution >= 0.6 is 0 Å². The maximum atomic E-state index is 11.7. The summed E-state index contributed by atoms with van der Waals surface area (Å²) < 4.78 is 13.0. The van der Waals surface area contributed by atoms with E-state index in [-0.39, 0.29) is 17.9 Å². The number of nitrogens with one attached hydrogen (secondary N) is 1. The van der Waals surface area contributed by atoms with E-state index in [1.54, 1.807) is 14.2 Å². The summed E-state index contributed by atoms with van der Waals surface area (Å²) in [5.41, 5.74) is 7.79. The number of tetrazole rings is 1. The number of nitrogens with two attached hydrogens (primary N) is 1. The van der Waals surface area contributed by atoms with Crippen molar-refractivity contribution in [3.63, 3.8) is 0 Å². The number of aryl methyl sites for hydroxylation is 2. The summed E-state index contributed by atoms with van der Waals surface area (Å²) in [5, 5.41) is 12.8. The molecule has 174 valence electrons. The van der Waals surface area contributed by atoms with E-state index in [0.717, 1.165) is 55.2 Å². The minimum Gasteiger partial charge on any atom is -0.497 e. The fourth-order valence-corrected chi connectivity index (χ4v) is 4.62. The summed E-state index contributed by atoms with van der Waals surface area (Å²) in [6.07, 6.45) is 2.31. The van der Waals surface area contributed by atoms with Gasteiger partial charge in [0.25, 0.3) is 0 Å². The zero-order valence-electron chi connectivity index (χ0n) is 19.1. The first-order chi connectivity index (χ1) is 16.1. The normalized spacial score (nSPS) is 19.1. The highest BCUT2D eigenvalue weighted by molar-refractivity contribution is 5.76. The molecule has 0 saturated carbocycles. The van der Waals surface area contributed by atoms with Crippen molar-refractivity contribution < 1.29 is 19.2 Å². The molecule has 0 spiro atoms.